The van der Waals surface area contributed by atoms with Gasteiger partial charge in [-0.1, -0.05) is 43.7 Å². The highest BCUT2D eigenvalue weighted by Crippen LogP contribution is 2.27. The largest absolute Gasteiger partial charge is 0.382 e. The van der Waals surface area contributed by atoms with Crippen LogP contribution in [0.15, 0.2) is 41.3 Å². The van der Waals surface area contributed by atoms with Gasteiger partial charge in [0, 0.05) is 13.1 Å². The summed E-state index contributed by atoms with van der Waals surface area (Å²) in [5.41, 5.74) is 3.24. The van der Waals surface area contributed by atoms with E-state index in [4.69, 9.17) is 4.18 Å². The highest BCUT2D eigenvalue weighted by atomic mass is 32.2. The van der Waals surface area contributed by atoms with E-state index in [-0.39, 0.29) is 24.0 Å². The Bertz CT molecular complexity index is 1070. The molecule has 0 aliphatic rings. The van der Waals surface area contributed by atoms with E-state index in [0.29, 0.717) is 11.4 Å². The lowest BCUT2D eigenvalue weighted by Crippen LogP contribution is -2.34. The molecular formula is C22H31NO5S2. The van der Waals surface area contributed by atoms with E-state index in [2.05, 4.69) is 0 Å². The van der Waals surface area contributed by atoms with Gasteiger partial charge in [-0.2, -0.15) is 12.7 Å². The molecule has 0 aromatic heterocycles. The van der Waals surface area contributed by atoms with Gasteiger partial charge in [-0.3, -0.25) is 0 Å². The van der Waals surface area contributed by atoms with Crippen LogP contribution in [0.4, 0.5) is 0 Å². The first-order valence-electron chi connectivity index (χ1n) is 9.94. The summed E-state index contributed by atoms with van der Waals surface area (Å²) in [4.78, 5) is 0.350. The van der Waals surface area contributed by atoms with E-state index in [1.807, 2.05) is 46.8 Å². The summed E-state index contributed by atoms with van der Waals surface area (Å²) in [6, 6.07) is 10.2. The number of rotatable bonds is 9. The number of nitrogens with zero attached hydrogens (tertiary/aromatic N) is 1. The maximum atomic E-state index is 13.5. The van der Waals surface area contributed by atoms with Crippen molar-refractivity contribution in [2.24, 2.45) is 5.92 Å². The monoisotopic (exact) mass is 453 g/mol. The van der Waals surface area contributed by atoms with Crippen molar-refractivity contribution >= 4 is 20.1 Å². The molecule has 0 saturated heterocycles. The topological polar surface area (TPSA) is 80.8 Å². The predicted octanol–water partition coefficient (Wildman–Crippen LogP) is 4.19. The van der Waals surface area contributed by atoms with Crippen LogP contribution in [-0.4, -0.2) is 33.4 Å². The maximum Gasteiger partial charge on any atom is 0.308 e. The minimum absolute atomic E-state index is 0.121. The predicted molar refractivity (Wildman–Crippen MR) is 120 cm³/mol. The van der Waals surface area contributed by atoms with Gasteiger partial charge in [-0.15, -0.1) is 0 Å². The molecule has 6 nitrogen and oxygen atoms in total. The van der Waals surface area contributed by atoms with E-state index >= 15 is 0 Å². The van der Waals surface area contributed by atoms with Gasteiger partial charge in [-0.05, 0) is 62.4 Å². The molecule has 0 fully saturated rings. The van der Waals surface area contributed by atoms with Gasteiger partial charge < -0.3 is 4.18 Å². The molecule has 0 radical (unpaired) electrons. The van der Waals surface area contributed by atoms with Crippen molar-refractivity contribution in [2.75, 3.05) is 12.3 Å². The van der Waals surface area contributed by atoms with Gasteiger partial charge in [0.2, 0.25) is 10.0 Å². The minimum atomic E-state index is -3.71. The smallest absolute Gasteiger partial charge is 0.308 e. The molecule has 30 heavy (non-hydrogen) atoms. The first-order valence-corrected chi connectivity index (χ1v) is 13.0. The number of hydrogen-bond acceptors (Lipinski definition) is 5. The highest BCUT2D eigenvalue weighted by Gasteiger charge is 2.28. The lowest BCUT2D eigenvalue weighted by Gasteiger charge is -2.26. The zero-order chi connectivity index (χ0) is 22.7. The zero-order valence-corrected chi connectivity index (χ0v) is 20.1. The van der Waals surface area contributed by atoms with Crippen molar-refractivity contribution in [3.8, 4) is 5.75 Å². The summed E-state index contributed by atoms with van der Waals surface area (Å²) in [7, 11) is -7.31. The van der Waals surface area contributed by atoms with Gasteiger partial charge in [0.15, 0.2) is 0 Å². The van der Waals surface area contributed by atoms with Crippen LogP contribution in [0, 0.1) is 26.7 Å². The second-order valence-electron chi connectivity index (χ2n) is 7.99. The van der Waals surface area contributed by atoms with Gasteiger partial charge in [-0.25, -0.2) is 8.42 Å². The Balaban J connectivity index is 2.37. The third-order valence-electron chi connectivity index (χ3n) is 4.63. The highest BCUT2D eigenvalue weighted by molar-refractivity contribution is 7.89. The Morgan fingerprint density at radius 2 is 1.47 bits per heavy atom. The summed E-state index contributed by atoms with van der Waals surface area (Å²) >= 11 is 0. The Morgan fingerprint density at radius 3 is 1.93 bits per heavy atom. The van der Waals surface area contributed by atoms with Gasteiger partial charge in [0.1, 0.15) is 5.75 Å². The molecule has 0 heterocycles. The second kappa shape index (κ2) is 9.49. The fourth-order valence-electron chi connectivity index (χ4n) is 3.42. The van der Waals surface area contributed by atoms with Crippen LogP contribution in [0.3, 0.4) is 0 Å². The zero-order valence-electron chi connectivity index (χ0n) is 18.5. The van der Waals surface area contributed by atoms with Crippen LogP contribution in [0.1, 0.15) is 43.0 Å². The normalized spacial score (nSPS) is 12.5. The minimum Gasteiger partial charge on any atom is -0.382 e. The molecule has 0 unspecified atom stereocenters. The summed E-state index contributed by atoms with van der Waals surface area (Å²) < 4.78 is 56.8. The van der Waals surface area contributed by atoms with Crippen LogP contribution < -0.4 is 4.18 Å². The number of benzene rings is 2. The Kier molecular flexibility index (Phi) is 7.71. The third-order valence-corrected chi connectivity index (χ3v) is 7.90. The molecule has 166 valence electrons. The molecule has 2 aromatic carbocycles. The van der Waals surface area contributed by atoms with Crippen LogP contribution in [-0.2, 0) is 26.7 Å². The van der Waals surface area contributed by atoms with Crippen LogP contribution in [0.5, 0.6) is 5.75 Å². The van der Waals surface area contributed by atoms with Crippen molar-refractivity contribution < 1.29 is 21.0 Å². The molecule has 2 rings (SSSR count). The van der Waals surface area contributed by atoms with Crippen molar-refractivity contribution in [1.29, 1.82) is 0 Å². The SMILES string of the molecule is CCS(=O)(=O)Oc1ccc(CN(CC(C)C)S(=O)(=O)c2c(C)cc(C)cc2C)cc1. The van der Waals surface area contributed by atoms with E-state index < -0.39 is 20.1 Å². The Labute approximate surface area is 181 Å². The molecule has 0 N–H and O–H groups in total. The van der Waals surface area contributed by atoms with Crippen LogP contribution in [0.25, 0.3) is 0 Å². The molecule has 0 spiro atoms. The number of sulfonamides is 1. The van der Waals surface area contributed by atoms with E-state index in [9.17, 15) is 16.8 Å². The third kappa shape index (κ3) is 6.06. The second-order valence-corrected chi connectivity index (χ2v) is 11.7. The van der Waals surface area contributed by atoms with E-state index in [0.717, 1.165) is 22.3 Å². The van der Waals surface area contributed by atoms with Crippen molar-refractivity contribution in [1.82, 2.24) is 4.31 Å². The quantitative estimate of drug-likeness (QED) is 0.532. The maximum absolute atomic E-state index is 13.5. The molecule has 8 heteroatoms. The van der Waals surface area contributed by atoms with Crippen LogP contribution in [0.2, 0.25) is 0 Å². The average Bonchev–Trinajstić information content (AvgIpc) is 2.61. The molecule has 0 bridgehead atoms. The first kappa shape index (κ1) is 24.4. The van der Waals surface area contributed by atoms with E-state index in [1.165, 1.54) is 11.2 Å². The fourth-order valence-corrected chi connectivity index (χ4v) is 5.94. The Morgan fingerprint density at radius 1 is 0.933 bits per heavy atom. The molecule has 0 aliphatic heterocycles. The van der Waals surface area contributed by atoms with Gasteiger partial charge >= 0.3 is 10.1 Å². The van der Waals surface area contributed by atoms with Crippen molar-refractivity contribution in [2.45, 2.75) is 53.0 Å². The Hall–Kier alpha value is -1.90. The standard InChI is InChI=1S/C22H31NO5S2/c1-7-29(24,25)28-21-10-8-20(9-11-21)15-23(14-16(2)3)30(26,27)22-18(5)12-17(4)13-19(22)6/h8-13,16H,7,14-15H2,1-6H3. The number of aryl methyl sites for hydroxylation is 3. The van der Waals surface area contributed by atoms with Crippen molar-refractivity contribution in [3.05, 3.63) is 58.7 Å². The summed E-state index contributed by atoms with van der Waals surface area (Å²) in [6.45, 7) is 11.6. The summed E-state index contributed by atoms with van der Waals surface area (Å²) in [6.07, 6.45) is 0. The van der Waals surface area contributed by atoms with Crippen LogP contribution >= 0.6 is 0 Å². The molecule has 0 saturated carbocycles. The molecular weight excluding hydrogens is 422 g/mol. The van der Waals surface area contributed by atoms with E-state index in [1.54, 1.807) is 24.3 Å². The lowest BCUT2D eigenvalue weighted by molar-refractivity contribution is 0.361. The molecule has 0 atom stereocenters. The molecule has 2 aromatic rings. The lowest BCUT2D eigenvalue weighted by atomic mass is 10.1. The number of hydrogen-bond donors (Lipinski definition) is 0. The summed E-state index contributed by atoms with van der Waals surface area (Å²) in [5.74, 6) is 0.233. The average molecular weight is 454 g/mol. The summed E-state index contributed by atoms with van der Waals surface area (Å²) in [5, 5.41) is 0. The van der Waals surface area contributed by atoms with Crippen molar-refractivity contribution in [3.63, 3.8) is 0 Å². The molecule has 0 amide bonds. The molecule has 0 aliphatic carbocycles. The fraction of sp³-hybridized carbons (Fsp3) is 0.455. The first-order chi connectivity index (χ1) is 13.9. The van der Waals surface area contributed by atoms with Gasteiger partial charge in [0.25, 0.3) is 0 Å². The van der Waals surface area contributed by atoms with Gasteiger partial charge in [0.05, 0.1) is 10.6 Å².